The Labute approximate surface area is 161 Å². The van der Waals surface area contributed by atoms with Crippen molar-refractivity contribution in [3.63, 3.8) is 0 Å². The Hall–Kier alpha value is -1.89. The Morgan fingerprint density at radius 2 is 1.88 bits per heavy atom. The summed E-state index contributed by atoms with van der Waals surface area (Å²) in [7, 11) is 1.80. The van der Waals surface area contributed by atoms with E-state index in [0.717, 1.165) is 20.8 Å². The minimum Gasteiger partial charge on any atom is -0.388 e. The average molecular weight is 387 g/mol. The lowest BCUT2D eigenvalue weighted by Crippen LogP contribution is -2.33. The molecule has 0 aliphatic heterocycles. The Kier molecular flexibility index (Phi) is 6.29. The predicted molar refractivity (Wildman–Crippen MR) is 109 cm³/mol. The lowest BCUT2D eigenvalue weighted by Gasteiger charge is -2.21. The van der Waals surface area contributed by atoms with Crippen molar-refractivity contribution in [1.82, 2.24) is 9.88 Å². The number of rotatable bonds is 7. The number of benzene rings is 2. The summed E-state index contributed by atoms with van der Waals surface area (Å²) in [6.07, 6.45) is -0.564. The number of para-hydroxylation sites is 1. The molecule has 136 valence electrons. The van der Waals surface area contributed by atoms with Crippen LogP contribution in [0.25, 0.3) is 10.2 Å². The van der Waals surface area contributed by atoms with Crippen LogP contribution in [-0.4, -0.2) is 38.9 Å². The molecular weight excluding hydrogens is 364 g/mol. The summed E-state index contributed by atoms with van der Waals surface area (Å²) >= 11 is 3.09. The van der Waals surface area contributed by atoms with Gasteiger partial charge >= 0.3 is 0 Å². The van der Waals surface area contributed by atoms with Gasteiger partial charge in [-0.05, 0) is 24.6 Å². The number of aromatic nitrogens is 1. The molecule has 0 saturated carbocycles. The van der Waals surface area contributed by atoms with Crippen LogP contribution in [0.1, 0.15) is 23.6 Å². The van der Waals surface area contributed by atoms with E-state index in [1.54, 1.807) is 23.3 Å². The van der Waals surface area contributed by atoms with Gasteiger partial charge in [-0.1, -0.05) is 42.5 Å². The largest absolute Gasteiger partial charge is 0.388 e. The van der Waals surface area contributed by atoms with Crippen LogP contribution in [0.5, 0.6) is 0 Å². The van der Waals surface area contributed by atoms with E-state index in [9.17, 15) is 9.90 Å². The van der Waals surface area contributed by atoms with Gasteiger partial charge in [0.2, 0.25) is 5.91 Å². The topological polar surface area (TPSA) is 53.4 Å². The summed E-state index contributed by atoms with van der Waals surface area (Å²) in [4.78, 5) is 18.9. The van der Waals surface area contributed by atoms with Gasteiger partial charge in [0.1, 0.15) is 5.01 Å². The number of amides is 1. The van der Waals surface area contributed by atoms with E-state index in [-0.39, 0.29) is 11.2 Å². The monoisotopic (exact) mass is 386 g/mol. The molecule has 0 saturated heterocycles. The molecule has 1 N–H and O–H groups in total. The second kappa shape index (κ2) is 8.66. The minimum atomic E-state index is -0.564. The standard InChI is InChI=1S/C20H22N2O2S2/c1-14(25-13-17(23)15-8-4-3-5-9-15)20(24)22(2)12-19-21-16-10-6-7-11-18(16)26-19/h3-11,14,17,23H,12-13H2,1-2H3. The van der Waals surface area contributed by atoms with Gasteiger partial charge in [0.05, 0.1) is 28.1 Å². The van der Waals surface area contributed by atoms with Crippen molar-refractivity contribution in [3.8, 4) is 0 Å². The highest BCUT2D eigenvalue weighted by molar-refractivity contribution is 8.00. The first-order chi connectivity index (χ1) is 12.5. The van der Waals surface area contributed by atoms with Gasteiger partial charge in [-0.3, -0.25) is 4.79 Å². The predicted octanol–water partition coefficient (Wildman–Crippen LogP) is 4.11. The number of hydrogen-bond acceptors (Lipinski definition) is 5. The third-order valence-electron chi connectivity index (χ3n) is 4.12. The lowest BCUT2D eigenvalue weighted by atomic mass is 10.1. The second-order valence-electron chi connectivity index (χ2n) is 6.17. The number of fused-ring (bicyclic) bond motifs is 1. The van der Waals surface area contributed by atoms with E-state index in [2.05, 4.69) is 4.98 Å². The summed E-state index contributed by atoms with van der Waals surface area (Å²) < 4.78 is 1.14. The molecule has 3 aromatic rings. The van der Waals surface area contributed by atoms with Crippen molar-refractivity contribution >= 4 is 39.2 Å². The van der Waals surface area contributed by atoms with Gasteiger partial charge in [0.15, 0.2) is 0 Å². The van der Waals surface area contributed by atoms with Crippen molar-refractivity contribution in [2.75, 3.05) is 12.8 Å². The van der Waals surface area contributed by atoms with Crippen LogP contribution >= 0.6 is 23.1 Å². The first-order valence-electron chi connectivity index (χ1n) is 8.48. The van der Waals surface area contributed by atoms with Crippen molar-refractivity contribution in [3.05, 3.63) is 65.2 Å². The van der Waals surface area contributed by atoms with Crippen molar-refractivity contribution in [2.24, 2.45) is 0 Å². The van der Waals surface area contributed by atoms with E-state index in [1.165, 1.54) is 11.8 Å². The molecule has 1 aromatic heterocycles. The minimum absolute atomic E-state index is 0.0505. The number of aliphatic hydroxyl groups excluding tert-OH is 1. The molecule has 26 heavy (non-hydrogen) atoms. The zero-order chi connectivity index (χ0) is 18.5. The van der Waals surface area contributed by atoms with E-state index < -0.39 is 6.10 Å². The summed E-state index contributed by atoms with van der Waals surface area (Å²) in [5, 5.41) is 11.0. The third-order valence-corrected chi connectivity index (χ3v) is 6.35. The van der Waals surface area contributed by atoms with Crippen molar-refractivity contribution in [1.29, 1.82) is 0 Å². The molecule has 1 amide bonds. The zero-order valence-corrected chi connectivity index (χ0v) is 16.5. The molecule has 0 bridgehead atoms. The fourth-order valence-electron chi connectivity index (χ4n) is 2.66. The number of thiazole rings is 1. The molecule has 6 heteroatoms. The Bertz CT molecular complexity index is 833. The highest BCUT2D eigenvalue weighted by Gasteiger charge is 2.20. The highest BCUT2D eigenvalue weighted by Crippen LogP contribution is 2.25. The van der Waals surface area contributed by atoms with Crippen LogP contribution in [0.15, 0.2) is 54.6 Å². The van der Waals surface area contributed by atoms with Crippen LogP contribution in [0.2, 0.25) is 0 Å². The molecular formula is C20H22N2O2S2. The number of carbonyl (C=O) groups excluding carboxylic acids is 1. The lowest BCUT2D eigenvalue weighted by molar-refractivity contribution is -0.129. The molecule has 0 fully saturated rings. The fraction of sp³-hybridized carbons (Fsp3) is 0.300. The maximum atomic E-state index is 12.6. The Morgan fingerprint density at radius 3 is 2.62 bits per heavy atom. The fourth-order valence-corrected chi connectivity index (χ4v) is 4.66. The molecule has 0 aliphatic carbocycles. The summed E-state index contributed by atoms with van der Waals surface area (Å²) in [5.74, 6) is 0.542. The molecule has 2 aromatic carbocycles. The molecule has 2 atom stereocenters. The van der Waals surface area contributed by atoms with Gasteiger partial charge in [-0.25, -0.2) is 4.98 Å². The number of nitrogens with zero attached hydrogens (tertiary/aromatic N) is 2. The molecule has 0 aliphatic rings. The highest BCUT2D eigenvalue weighted by atomic mass is 32.2. The molecule has 3 rings (SSSR count). The second-order valence-corrected chi connectivity index (χ2v) is 8.66. The number of carbonyl (C=O) groups is 1. The normalized spacial score (nSPS) is 13.5. The molecule has 4 nitrogen and oxygen atoms in total. The maximum Gasteiger partial charge on any atom is 0.235 e. The van der Waals surface area contributed by atoms with E-state index in [4.69, 9.17) is 0 Å². The van der Waals surface area contributed by atoms with Crippen LogP contribution in [0, 0.1) is 0 Å². The van der Waals surface area contributed by atoms with Gasteiger partial charge in [0, 0.05) is 12.8 Å². The molecule has 0 radical (unpaired) electrons. The third kappa shape index (κ3) is 4.63. The van der Waals surface area contributed by atoms with Gasteiger partial charge < -0.3 is 10.0 Å². The van der Waals surface area contributed by atoms with Crippen LogP contribution in [-0.2, 0) is 11.3 Å². The summed E-state index contributed by atoms with van der Waals surface area (Å²) in [6, 6.07) is 17.5. The molecule has 0 spiro atoms. The average Bonchev–Trinajstić information content (AvgIpc) is 3.08. The van der Waals surface area contributed by atoms with Gasteiger partial charge in [0.25, 0.3) is 0 Å². The Morgan fingerprint density at radius 1 is 1.19 bits per heavy atom. The first-order valence-corrected chi connectivity index (χ1v) is 10.3. The van der Waals surface area contributed by atoms with Gasteiger partial charge in [-0.2, -0.15) is 0 Å². The molecule has 1 heterocycles. The molecule has 2 unspecified atom stereocenters. The number of aliphatic hydroxyl groups is 1. The number of thioether (sulfide) groups is 1. The summed E-state index contributed by atoms with van der Waals surface area (Å²) in [5.41, 5.74) is 1.85. The number of hydrogen-bond donors (Lipinski definition) is 1. The van der Waals surface area contributed by atoms with E-state index >= 15 is 0 Å². The van der Waals surface area contributed by atoms with Crippen molar-refractivity contribution < 1.29 is 9.90 Å². The van der Waals surface area contributed by atoms with Crippen molar-refractivity contribution in [2.45, 2.75) is 24.8 Å². The first kappa shape index (κ1) is 18.9. The zero-order valence-electron chi connectivity index (χ0n) is 14.8. The SMILES string of the molecule is CC(SCC(O)c1ccccc1)C(=O)N(C)Cc1nc2ccccc2s1. The summed E-state index contributed by atoms with van der Waals surface area (Å²) in [6.45, 7) is 2.39. The maximum absolute atomic E-state index is 12.6. The smallest absolute Gasteiger partial charge is 0.235 e. The van der Waals surface area contributed by atoms with Crippen LogP contribution < -0.4 is 0 Å². The quantitative estimate of drug-likeness (QED) is 0.664. The van der Waals surface area contributed by atoms with E-state index in [1.807, 2.05) is 61.5 Å². The van der Waals surface area contributed by atoms with Crippen LogP contribution in [0.3, 0.4) is 0 Å². The van der Waals surface area contributed by atoms with Crippen LogP contribution in [0.4, 0.5) is 0 Å². The van der Waals surface area contributed by atoms with E-state index in [0.29, 0.717) is 12.3 Å². The van der Waals surface area contributed by atoms with Gasteiger partial charge in [-0.15, -0.1) is 23.1 Å². The Balaban J connectivity index is 1.53.